The first-order valence-corrected chi connectivity index (χ1v) is 7.21. The van der Waals surface area contributed by atoms with Gasteiger partial charge in [-0.05, 0) is 45.7 Å². The van der Waals surface area contributed by atoms with Crippen LogP contribution in [0.5, 0.6) is 5.75 Å². The van der Waals surface area contributed by atoms with Crippen LogP contribution in [0.25, 0.3) is 0 Å². The molecule has 22 heavy (non-hydrogen) atoms. The van der Waals surface area contributed by atoms with Crippen molar-refractivity contribution >= 4 is 5.91 Å². The number of benzene rings is 1. The Bertz CT molecular complexity index is 655. The molecular formula is C17H22N2O3. The molecule has 0 aliphatic heterocycles. The Morgan fingerprint density at radius 2 is 2.00 bits per heavy atom. The number of carbonyl (C=O) groups excluding carboxylic acids is 1. The van der Waals surface area contributed by atoms with Gasteiger partial charge in [-0.1, -0.05) is 23.4 Å². The molecule has 0 unspecified atom stereocenters. The highest BCUT2D eigenvalue weighted by atomic mass is 16.5. The Hall–Kier alpha value is -2.30. The second-order valence-electron chi connectivity index (χ2n) is 6.03. The Balaban J connectivity index is 2.16. The average Bonchev–Trinajstić information content (AvgIpc) is 2.77. The van der Waals surface area contributed by atoms with E-state index in [2.05, 4.69) is 10.5 Å². The number of ether oxygens (including phenoxy) is 1. The molecule has 0 bridgehead atoms. The highest BCUT2D eigenvalue weighted by Crippen LogP contribution is 2.23. The van der Waals surface area contributed by atoms with Gasteiger partial charge in [0.15, 0.2) is 0 Å². The van der Waals surface area contributed by atoms with E-state index in [0.717, 1.165) is 11.3 Å². The maximum absolute atomic E-state index is 12.5. The molecule has 0 atom stereocenters. The summed E-state index contributed by atoms with van der Waals surface area (Å²) in [6.07, 6.45) is 0.659. The molecule has 2 aromatic rings. The van der Waals surface area contributed by atoms with Crippen LogP contribution in [-0.2, 0) is 6.42 Å². The molecule has 5 heteroatoms. The molecule has 0 aliphatic rings. The topological polar surface area (TPSA) is 64.4 Å². The normalized spacial score (nSPS) is 11.3. The molecule has 1 heterocycles. The number of carbonyl (C=O) groups is 1. The average molecular weight is 302 g/mol. The molecule has 0 radical (unpaired) electrons. The third-order valence-electron chi connectivity index (χ3n) is 3.54. The van der Waals surface area contributed by atoms with Gasteiger partial charge in [-0.15, -0.1) is 0 Å². The fourth-order valence-corrected chi connectivity index (χ4v) is 2.55. The Labute approximate surface area is 130 Å². The molecule has 2 rings (SSSR count). The maximum atomic E-state index is 12.5. The summed E-state index contributed by atoms with van der Waals surface area (Å²) in [7, 11) is 1.65. The van der Waals surface area contributed by atoms with Crippen molar-refractivity contribution in [1.82, 2.24) is 10.5 Å². The van der Waals surface area contributed by atoms with Crippen molar-refractivity contribution in [3.63, 3.8) is 0 Å². The molecule has 1 amide bonds. The summed E-state index contributed by atoms with van der Waals surface area (Å²) in [4.78, 5) is 12.5. The van der Waals surface area contributed by atoms with Crippen molar-refractivity contribution in [1.29, 1.82) is 0 Å². The van der Waals surface area contributed by atoms with Crippen LogP contribution in [0, 0.1) is 13.8 Å². The minimum atomic E-state index is -0.429. The van der Waals surface area contributed by atoms with Crippen LogP contribution in [0.1, 0.15) is 41.2 Å². The van der Waals surface area contributed by atoms with Gasteiger partial charge in [-0.25, -0.2) is 0 Å². The molecule has 0 saturated heterocycles. The number of nitrogens with one attached hydrogen (secondary N) is 1. The fourth-order valence-electron chi connectivity index (χ4n) is 2.55. The molecular weight excluding hydrogens is 280 g/mol. The number of aromatic nitrogens is 1. The first kappa shape index (κ1) is 16.1. The van der Waals surface area contributed by atoms with Gasteiger partial charge < -0.3 is 14.6 Å². The number of hydrogen-bond donors (Lipinski definition) is 1. The van der Waals surface area contributed by atoms with Crippen molar-refractivity contribution in [2.75, 3.05) is 7.11 Å². The third kappa shape index (κ3) is 3.47. The van der Waals surface area contributed by atoms with E-state index in [9.17, 15) is 4.79 Å². The first-order chi connectivity index (χ1) is 10.3. The van der Waals surface area contributed by atoms with E-state index in [4.69, 9.17) is 9.26 Å². The van der Waals surface area contributed by atoms with E-state index in [-0.39, 0.29) is 5.91 Å². The molecule has 0 spiro atoms. The second kappa shape index (κ2) is 6.22. The highest BCUT2D eigenvalue weighted by Gasteiger charge is 2.26. The molecule has 1 aromatic carbocycles. The summed E-state index contributed by atoms with van der Waals surface area (Å²) < 4.78 is 10.4. The largest absolute Gasteiger partial charge is 0.496 e. The summed E-state index contributed by atoms with van der Waals surface area (Å²) in [6, 6.07) is 7.81. The monoisotopic (exact) mass is 302 g/mol. The zero-order valence-corrected chi connectivity index (χ0v) is 13.7. The van der Waals surface area contributed by atoms with Gasteiger partial charge in [-0.2, -0.15) is 0 Å². The second-order valence-corrected chi connectivity index (χ2v) is 6.03. The molecule has 0 saturated carbocycles. The van der Waals surface area contributed by atoms with Crippen LogP contribution in [0.4, 0.5) is 0 Å². The van der Waals surface area contributed by atoms with Gasteiger partial charge >= 0.3 is 0 Å². The van der Waals surface area contributed by atoms with Crippen LogP contribution < -0.4 is 10.1 Å². The Kier molecular flexibility index (Phi) is 4.54. The number of methoxy groups -OCH3 is 1. The Morgan fingerprint density at radius 3 is 2.59 bits per heavy atom. The predicted molar refractivity (Wildman–Crippen MR) is 84.2 cm³/mol. The van der Waals surface area contributed by atoms with Crippen molar-refractivity contribution in [3.05, 3.63) is 46.8 Å². The third-order valence-corrected chi connectivity index (χ3v) is 3.54. The number of hydrogen-bond acceptors (Lipinski definition) is 4. The lowest BCUT2D eigenvalue weighted by molar-refractivity contribution is 0.0910. The highest BCUT2D eigenvalue weighted by molar-refractivity contribution is 5.96. The van der Waals surface area contributed by atoms with Gasteiger partial charge in [0, 0.05) is 5.54 Å². The lowest BCUT2D eigenvalue weighted by atomic mass is 9.93. The number of nitrogens with zero attached hydrogens (tertiary/aromatic N) is 1. The quantitative estimate of drug-likeness (QED) is 0.922. The van der Waals surface area contributed by atoms with Gasteiger partial charge in [0.1, 0.15) is 17.1 Å². The SMILES string of the molecule is COc1ccccc1CC(C)(C)NC(=O)c1c(C)noc1C. The smallest absolute Gasteiger partial charge is 0.257 e. The van der Waals surface area contributed by atoms with Crippen LogP contribution in [0.3, 0.4) is 0 Å². The molecule has 5 nitrogen and oxygen atoms in total. The minimum absolute atomic E-state index is 0.170. The number of amides is 1. The minimum Gasteiger partial charge on any atom is -0.496 e. The molecule has 1 N–H and O–H groups in total. The summed E-state index contributed by atoms with van der Waals surface area (Å²) in [5, 5.41) is 6.87. The molecule has 0 aliphatic carbocycles. The molecule has 1 aromatic heterocycles. The summed E-state index contributed by atoms with van der Waals surface area (Å²) in [5.74, 6) is 1.18. The van der Waals surface area contributed by atoms with E-state index in [0.29, 0.717) is 23.4 Å². The van der Waals surface area contributed by atoms with E-state index in [1.807, 2.05) is 38.1 Å². The standard InChI is InChI=1S/C17H22N2O3/c1-11-15(12(2)22-19-11)16(20)18-17(3,4)10-13-8-6-7-9-14(13)21-5/h6-9H,10H2,1-5H3,(H,18,20). The fraction of sp³-hybridized carbons (Fsp3) is 0.412. The maximum Gasteiger partial charge on any atom is 0.257 e. The van der Waals surface area contributed by atoms with E-state index < -0.39 is 5.54 Å². The number of rotatable bonds is 5. The summed E-state index contributed by atoms with van der Waals surface area (Å²) in [6.45, 7) is 7.46. The molecule has 118 valence electrons. The van der Waals surface area contributed by atoms with E-state index in [1.54, 1.807) is 21.0 Å². The molecule has 0 fully saturated rings. The van der Waals surface area contributed by atoms with Crippen LogP contribution in [0.15, 0.2) is 28.8 Å². The van der Waals surface area contributed by atoms with E-state index >= 15 is 0 Å². The zero-order chi connectivity index (χ0) is 16.3. The summed E-state index contributed by atoms with van der Waals surface area (Å²) >= 11 is 0. The van der Waals surface area contributed by atoms with Crippen molar-refractivity contribution in [3.8, 4) is 5.75 Å². The van der Waals surface area contributed by atoms with Crippen LogP contribution >= 0.6 is 0 Å². The lowest BCUT2D eigenvalue weighted by Crippen LogP contribution is -2.45. The number of para-hydroxylation sites is 1. The first-order valence-electron chi connectivity index (χ1n) is 7.21. The van der Waals surface area contributed by atoms with Gasteiger partial charge in [0.25, 0.3) is 5.91 Å². The predicted octanol–water partition coefficient (Wildman–Crippen LogP) is 3.05. The van der Waals surface area contributed by atoms with Gasteiger partial charge in [0.05, 0.1) is 12.8 Å². The van der Waals surface area contributed by atoms with Crippen LogP contribution in [-0.4, -0.2) is 23.7 Å². The van der Waals surface area contributed by atoms with Crippen molar-refractivity contribution in [2.24, 2.45) is 0 Å². The number of aryl methyl sites for hydroxylation is 2. The zero-order valence-electron chi connectivity index (χ0n) is 13.7. The van der Waals surface area contributed by atoms with E-state index in [1.165, 1.54) is 0 Å². The Morgan fingerprint density at radius 1 is 1.32 bits per heavy atom. The van der Waals surface area contributed by atoms with Crippen molar-refractivity contribution in [2.45, 2.75) is 39.7 Å². The summed E-state index contributed by atoms with van der Waals surface area (Å²) in [5.41, 5.74) is 1.73. The van der Waals surface area contributed by atoms with Crippen molar-refractivity contribution < 1.29 is 14.1 Å². The lowest BCUT2D eigenvalue weighted by Gasteiger charge is -2.27. The van der Waals surface area contributed by atoms with Gasteiger partial charge in [-0.3, -0.25) is 4.79 Å². The van der Waals surface area contributed by atoms with Gasteiger partial charge in [0.2, 0.25) is 0 Å². The van der Waals surface area contributed by atoms with Crippen LogP contribution in [0.2, 0.25) is 0 Å².